The maximum absolute atomic E-state index is 11.9. The molecule has 2 amide bonds. The number of nitrogens with one attached hydrogen (secondary N) is 2. The molecule has 2 atom stereocenters. The fourth-order valence-electron chi connectivity index (χ4n) is 2.28. The first-order valence-corrected chi connectivity index (χ1v) is 7.71. The van der Waals surface area contributed by atoms with Gasteiger partial charge in [0.15, 0.2) is 0 Å². The average molecular weight is 285 g/mol. The van der Waals surface area contributed by atoms with Crippen molar-refractivity contribution in [2.24, 2.45) is 0 Å². The van der Waals surface area contributed by atoms with E-state index in [0.717, 1.165) is 12.1 Å². The lowest BCUT2D eigenvalue weighted by Gasteiger charge is -2.19. The Balaban J connectivity index is 1.89. The normalized spacial score (nSPS) is 22.8. The van der Waals surface area contributed by atoms with E-state index >= 15 is 0 Å². The molecule has 2 unspecified atom stereocenters. The third-order valence-electron chi connectivity index (χ3n) is 3.15. The summed E-state index contributed by atoms with van der Waals surface area (Å²) in [5.41, 5.74) is 0.721. The van der Waals surface area contributed by atoms with E-state index in [2.05, 4.69) is 16.9 Å². The van der Waals surface area contributed by atoms with Crippen LogP contribution in [0.25, 0.3) is 0 Å². The number of hydrogen-bond donors (Lipinski definition) is 2. The monoisotopic (exact) mass is 284 g/mol. The van der Waals surface area contributed by atoms with E-state index in [0.29, 0.717) is 10.3 Å². The summed E-state index contributed by atoms with van der Waals surface area (Å²) in [6.45, 7) is 0. The van der Waals surface area contributed by atoms with Crippen molar-refractivity contribution in [3.05, 3.63) is 29.3 Å². The molecule has 3 nitrogen and oxygen atoms in total. The van der Waals surface area contributed by atoms with E-state index in [9.17, 15) is 4.79 Å². The minimum Gasteiger partial charge on any atom is -0.334 e. The largest absolute Gasteiger partial charge is 0.334 e. The van der Waals surface area contributed by atoms with E-state index in [-0.39, 0.29) is 12.1 Å². The zero-order chi connectivity index (χ0) is 13.0. The first-order chi connectivity index (χ1) is 8.69. The van der Waals surface area contributed by atoms with Crippen LogP contribution in [0.4, 0.5) is 10.5 Å². The average Bonchev–Trinajstić information content (AvgIpc) is 2.76. The maximum atomic E-state index is 11.9. The van der Waals surface area contributed by atoms with Crippen LogP contribution in [0.15, 0.2) is 24.3 Å². The quantitative estimate of drug-likeness (QED) is 0.888. The minimum atomic E-state index is -0.150. The van der Waals surface area contributed by atoms with Crippen LogP contribution in [-0.2, 0) is 0 Å². The molecule has 1 aliphatic rings. The fourth-order valence-corrected chi connectivity index (χ4v) is 3.40. The number of amides is 2. The molecule has 1 saturated carbocycles. The molecule has 5 heteroatoms. The van der Waals surface area contributed by atoms with Crippen molar-refractivity contribution >= 4 is 35.1 Å². The Morgan fingerprint density at radius 3 is 3.00 bits per heavy atom. The number of thioether (sulfide) groups is 1. The standard InChI is InChI=1S/C13H17ClN2OS/c1-18-12-7-3-6-11(12)16-13(17)15-10-5-2-4-9(14)8-10/h2,4-5,8,11-12H,3,6-7H2,1H3,(H2,15,16,17). The maximum Gasteiger partial charge on any atom is 0.319 e. The first-order valence-electron chi connectivity index (χ1n) is 6.05. The number of hydrogen-bond acceptors (Lipinski definition) is 2. The highest BCUT2D eigenvalue weighted by Gasteiger charge is 2.27. The summed E-state index contributed by atoms with van der Waals surface area (Å²) in [7, 11) is 0. The predicted octanol–water partition coefficient (Wildman–Crippen LogP) is 3.75. The number of anilines is 1. The lowest BCUT2D eigenvalue weighted by Crippen LogP contribution is -2.41. The highest BCUT2D eigenvalue weighted by Crippen LogP contribution is 2.28. The molecule has 2 rings (SSSR count). The third kappa shape index (κ3) is 3.56. The van der Waals surface area contributed by atoms with Crippen LogP contribution in [0.2, 0.25) is 5.02 Å². The smallest absolute Gasteiger partial charge is 0.319 e. The number of benzene rings is 1. The van der Waals surface area contributed by atoms with Gasteiger partial charge in [-0.2, -0.15) is 11.8 Å². The SMILES string of the molecule is CSC1CCCC1NC(=O)Nc1cccc(Cl)c1. The van der Waals surface area contributed by atoms with Gasteiger partial charge in [0.05, 0.1) is 0 Å². The van der Waals surface area contributed by atoms with Gasteiger partial charge in [-0.05, 0) is 37.3 Å². The summed E-state index contributed by atoms with van der Waals surface area (Å²) < 4.78 is 0. The van der Waals surface area contributed by atoms with Crippen LogP contribution in [0.5, 0.6) is 0 Å². The van der Waals surface area contributed by atoms with Crippen molar-refractivity contribution in [3.63, 3.8) is 0 Å². The number of rotatable bonds is 3. The topological polar surface area (TPSA) is 41.1 Å². The Kier molecular flexibility index (Phi) is 4.78. The van der Waals surface area contributed by atoms with Crippen LogP contribution < -0.4 is 10.6 Å². The van der Waals surface area contributed by atoms with E-state index in [1.54, 1.807) is 12.1 Å². The predicted molar refractivity (Wildman–Crippen MR) is 78.5 cm³/mol. The molecule has 18 heavy (non-hydrogen) atoms. The second kappa shape index (κ2) is 6.34. The fraction of sp³-hybridized carbons (Fsp3) is 0.462. The molecule has 0 heterocycles. The molecule has 1 aromatic rings. The Morgan fingerprint density at radius 1 is 1.44 bits per heavy atom. The summed E-state index contributed by atoms with van der Waals surface area (Å²) >= 11 is 7.70. The van der Waals surface area contributed by atoms with Gasteiger partial charge < -0.3 is 10.6 Å². The Bertz CT molecular complexity index is 427. The van der Waals surface area contributed by atoms with Crippen LogP contribution in [0.1, 0.15) is 19.3 Å². The summed E-state index contributed by atoms with van der Waals surface area (Å²) in [6, 6.07) is 7.29. The van der Waals surface area contributed by atoms with Crippen LogP contribution >= 0.6 is 23.4 Å². The zero-order valence-electron chi connectivity index (χ0n) is 10.3. The highest BCUT2D eigenvalue weighted by atomic mass is 35.5. The van der Waals surface area contributed by atoms with Gasteiger partial charge in [0.2, 0.25) is 0 Å². The molecule has 1 fully saturated rings. The first kappa shape index (κ1) is 13.6. The summed E-state index contributed by atoms with van der Waals surface area (Å²) in [4.78, 5) is 11.9. The second-order valence-electron chi connectivity index (χ2n) is 4.42. The molecular formula is C13H17ClN2OS. The number of urea groups is 1. The van der Waals surface area contributed by atoms with Crippen molar-refractivity contribution in [2.75, 3.05) is 11.6 Å². The number of carbonyl (C=O) groups excluding carboxylic acids is 1. The van der Waals surface area contributed by atoms with Crippen LogP contribution in [-0.4, -0.2) is 23.6 Å². The van der Waals surface area contributed by atoms with Gasteiger partial charge in [0, 0.05) is 22.0 Å². The number of halogens is 1. The second-order valence-corrected chi connectivity index (χ2v) is 5.93. The van der Waals surface area contributed by atoms with Gasteiger partial charge >= 0.3 is 6.03 Å². The molecule has 1 aromatic carbocycles. The van der Waals surface area contributed by atoms with E-state index in [4.69, 9.17) is 11.6 Å². The van der Waals surface area contributed by atoms with Crippen LogP contribution in [0, 0.1) is 0 Å². The van der Waals surface area contributed by atoms with Gasteiger partial charge in [0.25, 0.3) is 0 Å². The lowest BCUT2D eigenvalue weighted by atomic mass is 10.2. The Labute approximate surface area is 117 Å². The van der Waals surface area contributed by atoms with E-state index in [1.807, 2.05) is 23.9 Å². The van der Waals surface area contributed by atoms with E-state index in [1.165, 1.54) is 12.8 Å². The highest BCUT2D eigenvalue weighted by molar-refractivity contribution is 7.99. The Morgan fingerprint density at radius 2 is 2.28 bits per heavy atom. The summed E-state index contributed by atoms with van der Waals surface area (Å²) in [6.07, 6.45) is 5.53. The molecule has 0 aliphatic heterocycles. The Hall–Kier alpha value is -0.870. The van der Waals surface area contributed by atoms with Crippen molar-refractivity contribution < 1.29 is 4.79 Å². The van der Waals surface area contributed by atoms with E-state index < -0.39 is 0 Å². The van der Waals surface area contributed by atoms with Crippen LogP contribution in [0.3, 0.4) is 0 Å². The summed E-state index contributed by atoms with van der Waals surface area (Å²) in [5, 5.41) is 7.00. The molecule has 0 spiro atoms. The molecular weight excluding hydrogens is 268 g/mol. The molecule has 98 valence electrons. The molecule has 2 N–H and O–H groups in total. The molecule has 0 bridgehead atoms. The van der Waals surface area contributed by atoms with Gasteiger partial charge in [-0.1, -0.05) is 24.1 Å². The van der Waals surface area contributed by atoms with Gasteiger partial charge in [-0.25, -0.2) is 4.79 Å². The van der Waals surface area contributed by atoms with Gasteiger partial charge in [-0.3, -0.25) is 0 Å². The summed E-state index contributed by atoms with van der Waals surface area (Å²) in [5.74, 6) is 0. The third-order valence-corrected chi connectivity index (χ3v) is 4.56. The molecule has 0 radical (unpaired) electrons. The minimum absolute atomic E-state index is 0.150. The zero-order valence-corrected chi connectivity index (χ0v) is 11.9. The van der Waals surface area contributed by atoms with Gasteiger partial charge in [-0.15, -0.1) is 0 Å². The number of carbonyl (C=O) groups is 1. The lowest BCUT2D eigenvalue weighted by molar-refractivity contribution is 0.249. The molecule has 0 saturated heterocycles. The van der Waals surface area contributed by atoms with Crippen molar-refractivity contribution in [1.29, 1.82) is 0 Å². The van der Waals surface area contributed by atoms with Gasteiger partial charge in [0.1, 0.15) is 0 Å². The molecule has 1 aliphatic carbocycles. The van der Waals surface area contributed by atoms with Crippen molar-refractivity contribution in [3.8, 4) is 0 Å². The van der Waals surface area contributed by atoms with Crippen molar-refractivity contribution in [2.45, 2.75) is 30.6 Å². The van der Waals surface area contributed by atoms with Crippen molar-refractivity contribution in [1.82, 2.24) is 5.32 Å². The molecule has 0 aromatic heterocycles.